The molecule has 0 radical (unpaired) electrons. The minimum atomic E-state index is 0.206. The van der Waals surface area contributed by atoms with Crippen LogP contribution in [0, 0.1) is 10.5 Å². The van der Waals surface area contributed by atoms with Crippen molar-refractivity contribution < 1.29 is 0 Å². The van der Waals surface area contributed by atoms with Crippen molar-refractivity contribution in [3.05, 3.63) is 48.2 Å². The summed E-state index contributed by atoms with van der Waals surface area (Å²) in [5.74, 6) is 0. The van der Waals surface area contributed by atoms with Crippen molar-refractivity contribution in [2.45, 2.75) is 32.9 Å². The predicted octanol–water partition coefficient (Wildman–Crippen LogP) is 4.74. The van der Waals surface area contributed by atoms with Crippen LogP contribution in [0.25, 0.3) is 0 Å². The molecule has 114 valence electrons. The number of rotatable bonds is 5. The molecule has 0 saturated heterocycles. The fourth-order valence-corrected chi connectivity index (χ4v) is 3.34. The van der Waals surface area contributed by atoms with Crippen LogP contribution in [-0.4, -0.2) is 16.8 Å². The van der Waals surface area contributed by atoms with Gasteiger partial charge in [-0.1, -0.05) is 17.7 Å². The van der Waals surface area contributed by atoms with Crippen molar-refractivity contribution in [3.8, 4) is 0 Å². The van der Waals surface area contributed by atoms with E-state index in [9.17, 15) is 0 Å². The first-order chi connectivity index (χ1) is 9.97. The largest absolute Gasteiger partial charge is 0.313 e. The monoisotopic (exact) mass is 481 g/mol. The number of hydrogen-bond acceptors (Lipinski definition) is 2. The molecule has 6 heteroatoms. The highest BCUT2D eigenvalue weighted by Crippen LogP contribution is 2.29. The SMILES string of the molecule is CCn1nc(C)c(Br)c1CC(NC)c1ccc(I)c(Cl)c1. The highest BCUT2D eigenvalue weighted by atomic mass is 127. The van der Waals surface area contributed by atoms with E-state index in [2.05, 4.69) is 72.7 Å². The number of aryl methyl sites for hydroxylation is 2. The Morgan fingerprint density at radius 2 is 2.19 bits per heavy atom. The van der Waals surface area contributed by atoms with Gasteiger partial charge in [-0.05, 0) is 77.1 Å². The Kier molecular flexibility index (Phi) is 6.11. The highest BCUT2D eigenvalue weighted by molar-refractivity contribution is 14.1. The maximum absolute atomic E-state index is 6.25. The third-order valence-corrected chi connectivity index (χ3v) is 6.15. The lowest BCUT2D eigenvalue weighted by atomic mass is 10.0. The fraction of sp³-hybridized carbons (Fsp3) is 0.400. The van der Waals surface area contributed by atoms with Crippen molar-refractivity contribution in [3.63, 3.8) is 0 Å². The molecule has 0 aliphatic carbocycles. The first-order valence-corrected chi connectivity index (χ1v) is 9.06. The molecule has 0 bridgehead atoms. The molecule has 0 saturated carbocycles. The van der Waals surface area contributed by atoms with Crippen LogP contribution in [0.3, 0.4) is 0 Å². The molecule has 0 aliphatic rings. The van der Waals surface area contributed by atoms with E-state index in [4.69, 9.17) is 11.6 Å². The molecule has 1 atom stereocenters. The topological polar surface area (TPSA) is 29.9 Å². The van der Waals surface area contributed by atoms with Crippen LogP contribution in [0.1, 0.15) is 29.9 Å². The summed E-state index contributed by atoms with van der Waals surface area (Å²) in [5, 5.41) is 8.73. The number of halogens is 3. The van der Waals surface area contributed by atoms with Crippen molar-refractivity contribution >= 4 is 50.1 Å². The molecule has 0 amide bonds. The van der Waals surface area contributed by atoms with E-state index in [-0.39, 0.29) is 6.04 Å². The minimum absolute atomic E-state index is 0.206. The zero-order chi connectivity index (χ0) is 15.6. The summed E-state index contributed by atoms with van der Waals surface area (Å²) in [5.41, 5.74) is 3.43. The Bertz CT molecular complexity index is 642. The van der Waals surface area contributed by atoms with Crippen molar-refractivity contribution in [1.29, 1.82) is 0 Å². The number of likely N-dealkylation sites (N-methyl/N-ethyl adjacent to an activating group) is 1. The van der Waals surface area contributed by atoms with Gasteiger partial charge in [0, 0.05) is 22.6 Å². The zero-order valence-corrected chi connectivity index (χ0v) is 16.8. The van der Waals surface area contributed by atoms with E-state index >= 15 is 0 Å². The lowest BCUT2D eigenvalue weighted by molar-refractivity contribution is 0.540. The average Bonchev–Trinajstić information content (AvgIpc) is 2.75. The number of benzene rings is 1. The van der Waals surface area contributed by atoms with Gasteiger partial charge in [-0.2, -0.15) is 5.10 Å². The van der Waals surface area contributed by atoms with E-state index in [0.717, 1.165) is 31.7 Å². The van der Waals surface area contributed by atoms with E-state index < -0.39 is 0 Å². The summed E-state index contributed by atoms with van der Waals surface area (Å²) in [6, 6.07) is 6.43. The zero-order valence-electron chi connectivity index (χ0n) is 12.3. The lowest BCUT2D eigenvalue weighted by Gasteiger charge is -2.18. The van der Waals surface area contributed by atoms with E-state index in [1.807, 2.05) is 20.0 Å². The molecule has 0 aliphatic heterocycles. The highest BCUT2D eigenvalue weighted by Gasteiger charge is 2.18. The van der Waals surface area contributed by atoms with Crippen LogP contribution >= 0.6 is 50.1 Å². The molecule has 1 N–H and O–H groups in total. The normalized spacial score (nSPS) is 12.7. The van der Waals surface area contributed by atoms with Gasteiger partial charge in [-0.25, -0.2) is 0 Å². The number of aromatic nitrogens is 2. The maximum atomic E-state index is 6.25. The Morgan fingerprint density at radius 1 is 1.48 bits per heavy atom. The molecule has 1 aromatic carbocycles. The summed E-state index contributed by atoms with van der Waals surface area (Å²) in [6.45, 7) is 5.00. The molecule has 1 unspecified atom stereocenters. The number of nitrogens with zero attached hydrogens (tertiary/aromatic N) is 2. The van der Waals surface area contributed by atoms with Gasteiger partial charge >= 0.3 is 0 Å². The molecule has 21 heavy (non-hydrogen) atoms. The van der Waals surface area contributed by atoms with Gasteiger partial charge in [0.15, 0.2) is 0 Å². The molecule has 1 aromatic heterocycles. The van der Waals surface area contributed by atoms with Gasteiger partial charge in [0.2, 0.25) is 0 Å². The Morgan fingerprint density at radius 3 is 2.76 bits per heavy atom. The second-order valence-corrected chi connectivity index (χ2v) is 7.24. The van der Waals surface area contributed by atoms with Gasteiger partial charge < -0.3 is 5.32 Å². The average molecular weight is 483 g/mol. The quantitative estimate of drug-likeness (QED) is 0.625. The van der Waals surface area contributed by atoms with Crippen molar-refractivity contribution in [2.24, 2.45) is 0 Å². The van der Waals surface area contributed by atoms with Gasteiger partial charge in [0.05, 0.1) is 20.9 Å². The summed E-state index contributed by atoms with van der Waals surface area (Å²) < 4.78 is 4.22. The smallest absolute Gasteiger partial charge is 0.0738 e. The van der Waals surface area contributed by atoms with Crippen molar-refractivity contribution in [1.82, 2.24) is 15.1 Å². The van der Waals surface area contributed by atoms with Crippen LogP contribution in [0.5, 0.6) is 0 Å². The Hall–Kier alpha value is -0.110. The molecular formula is C15H18BrClIN3. The molecule has 0 spiro atoms. The number of hydrogen-bond donors (Lipinski definition) is 1. The predicted molar refractivity (Wildman–Crippen MR) is 100 cm³/mol. The molecular weight excluding hydrogens is 464 g/mol. The molecule has 3 nitrogen and oxygen atoms in total. The molecule has 1 heterocycles. The van der Waals surface area contributed by atoms with Crippen LogP contribution in [0.2, 0.25) is 5.02 Å². The van der Waals surface area contributed by atoms with Crippen LogP contribution in [0.15, 0.2) is 22.7 Å². The van der Waals surface area contributed by atoms with Crippen LogP contribution in [0.4, 0.5) is 0 Å². The van der Waals surface area contributed by atoms with E-state index in [1.165, 1.54) is 11.3 Å². The maximum Gasteiger partial charge on any atom is 0.0738 e. The van der Waals surface area contributed by atoms with Gasteiger partial charge in [-0.3, -0.25) is 4.68 Å². The summed E-state index contributed by atoms with van der Waals surface area (Å²) >= 11 is 12.2. The lowest BCUT2D eigenvalue weighted by Crippen LogP contribution is -2.20. The van der Waals surface area contributed by atoms with Crippen molar-refractivity contribution in [2.75, 3.05) is 7.05 Å². The summed E-state index contributed by atoms with van der Waals surface area (Å²) in [4.78, 5) is 0. The van der Waals surface area contributed by atoms with Crippen LogP contribution in [-0.2, 0) is 13.0 Å². The fourth-order valence-electron chi connectivity index (χ4n) is 2.37. The standard InChI is InChI=1S/C15H18BrClIN3/c1-4-21-14(15(16)9(2)20-21)8-13(19-3)10-5-6-12(18)11(17)7-10/h5-7,13,19H,4,8H2,1-3H3. The van der Waals surface area contributed by atoms with E-state index in [0.29, 0.717) is 0 Å². The second-order valence-electron chi connectivity index (χ2n) is 4.88. The Balaban J connectivity index is 2.33. The first kappa shape index (κ1) is 17.2. The van der Waals surface area contributed by atoms with Gasteiger partial charge in [-0.15, -0.1) is 0 Å². The minimum Gasteiger partial charge on any atom is -0.313 e. The third-order valence-electron chi connectivity index (χ3n) is 3.54. The van der Waals surface area contributed by atoms with Crippen LogP contribution < -0.4 is 5.32 Å². The number of nitrogens with one attached hydrogen (secondary N) is 1. The molecule has 2 aromatic rings. The second kappa shape index (κ2) is 7.44. The third kappa shape index (κ3) is 3.81. The van der Waals surface area contributed by atoms with Gasteiger partial charge in [0.25, 0.3) is 0 Å². The Labute approximate surface area is 152 Å². The summed E-state index contributed by atoms with van der Waals surface area (Å²) in [7, 11) is 1.98. The van der Waals surface area contributed by atoms with E-state index in [1.54, 1.807) is 0 Å². The first-order valence-electron chi connectivity index (χ1n) is 6.81. The summed E-state index contributed by atoms with van der Waals surface area (Å²) in [6.07, 6.45) is 0.864. The molecule has 2 rings (SSSR count). The van der Waals surface area contributed by atoms with Gasteiger partial charge in [0.1, 0.15) is 0 Å². The molecule has 0 fully saturated rings.